The van der Waals surface area contributed by atoms with Gasteiger partial charge in [-0.15, -0.1) is 0 Å². The molecule has 88 valence electrons. The van der Waals surface area contributed by atoms with Gasteiger partial charge in [-0.05, 0) is 38.6 Å². The quantitative estimate of drug-likeness (QED) is 0.771. The maximum Gasteiger partial charge on any atom is 0.0476 e. The highest BCUT2D eigenvalue weighted by Gasteiger charge is 2.44. The lowest BCUT2D eigenvalue weighted by molar-refractivity contribution is 0.0266. The Bertz CT molecular complexity index is 207. The van der Waals surface area contributed by atoms with Crippen LogP contribution in [0, 0.1) is 11.8 Å². The number of aliphatic hydroxyl groups is 1. The molecule has 2 aliphatic heterocycles. The second-order valence-corrected chi connectivity index (χ2v) is 5.45. The Kier molecular flexibility index (Phi) is 3.68. The molecular formula is C13H25NO. The lowest BCUT2D eigenvalue weighted by atomic mass is 9.78. The van der Waals surface area contributed by atoms with Crippen LogP contribution in [0.25, 0.3) is 0 Å². The van der Waals surface area contributed by atoms with Crippen molar-refractivity contribution in [2.45, 2.75) is 57.5 Å². The molecule has 4 unspecified atom stereocenters. The molecule has 15 heavy (non-hydrogen) atoms. The van der Waals surface area contributed by atoms with Crippen LogP contribution in [0.15, 0.2) is 0 Å². The number of unbranched alkanes of at least 4 members (excludes halogenated alkanes) is 1. The smallest absolute Gasteiger partial charge is 0.0476 e. The van der Waals surface area contributed by atoms with Gasteiger partial charge in [0, 0.05) is 24.6 Å². The summed E-state index contributed by atoms with van der Waals surface area (Å²) in [5, 5.41) is 9.57. The first-order valence-corrected chi connectivity index (χ1v) is 6.60. The monoisotopic (exact) mass is 211 g/mol. The van der Waals surface area contributed by atoms with Gasteiger partial charge in [0.05, 0.1) is 0 Å². The van der Waals surface area contributed by atoms with Crippen LogP contribution < -0.4 is 0 Å². The number of rotatable bonds is 4. The molecule has 0 radical (unpaired) electrons. The third-order valence-electron chi connectivity index (χ3n) is 4.71. The Morgan fingerprint density at radius 1 is 1.33 bits per heavy atom. The highest BCUT2D eigenvalue weighted by atomic mass is 16.3. The van der Waals surface area contributed by atoms with Crippen molar-refractivity contribution in [3.63, 3.8) is 0 Å². The van der Waals surface area contributed by atoms with Crippen molar-refractivity contribution in [1.82, 2.24) is 4.90 Å². The minimum absolute atomic E-state index is 0.399. The minimum atomic E-state index is 0.399. The first-order chi connectivity index (χ1) is 7.27. The highest BCUT2D eigenvalue weighted by Crippen LogP contribution is 2.43. The van der Waals surface area contributed by atoms with E-state index in [1.54, 1.807) is 0 Å². The summed E-state index contributed by atoms with van der Waals surface area (Å²) in [6.45, 7) is 2.66. The average Bonchev–Trinajstić information content (AvgIpc) is 2.52. The predicted octanol–water partition coefficient (Wildman–Crippen LogP) is 2.27. The number of nitrogens with zero attached hydrogens (tertiary/aromatic N) is 1. The maximum atomic E-state index is 9.57. The predicted molar refractivity (Wildman–Crippen MR) is 62.8 cm³/mol. The van der Waals surface area contributed by atoms with Gasteiger partial charge in [-0.1, -0.05) is 19.8 Å². The van der Waals surface area contributed by atoms with E-state index >= 15 is 0 Å². The molecule has 2 saturated heterocycles. The van der Waals surface area contributed by atoms with E-state index in [1.165, 1.54) is 38.5 Å². The summed E-state index contributed by atoms with van der Waals surface area (Å²) in [4.78, 5) is 2.53. The van der Waals surface area contributed by atoms with Crippen molar-refractivity contribution in [3.05, 3.63) is 0 Å². The summed E-state index contributed by atoms with van der Waals surface area (Å²) in [6, 6.07) is 1.50. The fraction of sp³-hybridized carbons (Fsp3) is 1.00. The van der Waals surface area contributed by atoms with Gasteiger partial charge in [0.1, 0.15) is 0 Å². The molecule has 2 nitrogen and oxygen atoms in total. The van der Waals surface area contributed by atoms with Crippen LogP contribution in [-0.4, -0.2) is 35.7 Å². The van der Waals surface area contributed by atoms with Gasteiger partial charge in [-0.2, -0.15) is 0 Å². The Morgan fingerprint density at radius 3 is 2.80 bits per heavy atom. The van der Waals surface area contributed by atoms with E-state index in [9.17, 15) is 5.11 Å². The van der Waals surface area contributed by atoms with E-state index < -0.39 is 0 Å². The summed E-state index contributed by atoms with van der Waals surface area (Å²) < 4.78 is 0. The van der Waals surface area contributed by atoms with E-state index in [0.717, 1.165) is 12.0 Å². The van der Waals surface area contributed by atoms with E-state index in [2.05, 4.69) is 18.9 Å². The summed E-state index contributed by atoms with van der Waals surface area (Å²) in [7, 11) is 2.25. The molecule has 2 heterocycles. The second-order valence-electron chi connectivity index (χ2n) is 5.45. The summed E-state index contributed by atoms with van der Waals surface area (Å²) in [6.07, 6.45) is 7.97. The first kappa shape index (κ1) is 11.4. The van der Waals surface area contributed by atoms with E-state index in [-0.39, 0.29) is 0 Å². The van der Waals surface area contributed by atoms with Crippen molar-refractivity contribution in [3.8, 4) is 0 Å². The molecule has 2 bridgehead atoms. The van der Waals surface area contributed by atoms with E-state index in [1.807, 2.05) is 0 Å². The minimum Gasteiger partial charge on any atom is -0.396 e. The number of fused-ring (bicyclic) bond motifs is 2. The second kappa shape index (κ2) is 4.84. The zero-order valence-electron chi connectivity index (χ0n) is 10.2. The average molecular weight is 211 g/mol. The summed E-state index contributed by atoms with van der Waals surface area (Å²) in [5.74, 6) is 1.35. The van der Waals surface area contributed by atoms with Gasteiger partial charge in [0.25, 0.3) is 0 Å². The molecule has 0 amide bonds. The van der Waals surface area contributed by atoms with Gasteiger partial charge >= 0.3 is 0 Å². The Morgan fingerprint density at radius 2 is 2.13 bits per heavy atom. The van der Waals surface area contributed by atoms with Gasteiger partial charge in [-0.25, -0.2) is 0 Å². The van der Waals surface area contributed by atoms with Crippen molar-refractivity contribution in [2.75, 3.05) is 13.7 Å². The Hall–Kier alpha value is -0.0800. The van der Waals surface area contributed by atoms with Crippen molar-refractivity contribution in [2.24, 2.45) is 11.8 Å². The highest BCUT2D eigenvalue weighted by molar-refractivity contribution is 4.98. The number of piperidine rings is 1. The van der Waals surface area contributed by atoms with Gasteiger partial charge in [-0.3, -0.25) is 0 Å². The molecule has 0 saturated carbocycles. The maximum absolute atomic E-state index is 9.57. The van der Waals surface area contributed by atoms with Crippen LogP contribution in [0.1, 0.15) is 45.4 Å². The van der Waals surface area contributed by atoms with Crippen molar-refractivity contribution in [1.29, 1.82) is 0 Å². The fourth-order valence-corrected chi connectivity index (χ4v) is 3.75. The van der Waals surface area contributed by atoms with Crippen molar-refractivity contribution < 1.29 is 5.11 Å². The van der Waals surface area contributed by atoms with E-state index in [4.69, 9.17) is 0 Å². The largest absolute Gasteiger partial charge is 0.396 e. The summed E-state index contributed by atoms with van der Waals surface area (Å²) in [5.41, 5.74) is 0. The fourth-order valence-electron chi connectivity index (χ4n) is 3.75. The summed E-state index contributed by atoms with van der Waals surface area (Å²) >= 11 is 0. The molecule has 0 spiro atoms. The third-order valence-corrected chi connectivity index (χ3v) is 4.71. The molecule has 1 N–H and O–H groups in total. The molecular weight excluding hydrogens is 186 g/mol. The third kappa shape index (κ3) is 2.07. The zero-order valence-corrected chi connectivity index (χ0v) is 10.2. The molecule has 2 rings (SSSR count). The topological polar surface area (TPSA) is 23.5 Å². The zero-order chi connectivity index (χ0) is 10.8. The SMILES string of the molecule is CCCCC1CC2CCC(C1CO)N2C. The lowest BCUT2D eigenvalue weighted by Gasteiger charge is -2.42. The van der Waals surface area contributed by atoms with Crippen LogP contribution in [0.5, 0.6) is 0 Å². The molecule has 0 aromatic carbocycles. The molecule has 0 aromatic heterocycles. The molecule has 2 heteroatoms. The number of hydrogen-bond acceptors (Lipinski definition) is 2. The molecule has 0 aromatic rings. The van der Waals surface area contributed by atoms with Crippen molar-refractivity contribution >= 4 is 0 Å². The van der Waals surface area contributed by atoms with Gasteiger partial charge in [0.15, 0.2) is 0 Å². The lowest BCUT2D eigenvalue weighted by Crippen LogP contribution is -2.47. The normalized spacial score (nSPS) is 41.0. The molecule has 2 aliphatic rings. The van der Waals surface area contributed by atoms with Crippen LogP contribution in [0.4, 0.5) is 0 Å². The number of aliphatic hydroxyl groups excluding tert-OH is 1. The molecule has 4 atom stereocenters. The Labute approximate surface area is 93.7 Å². The van der Waals surface area contributed by atoms with Crippen LogP contribution >= 0.6 is 0 Å². The molecule has 0 aliphatic carbocycles. The van der Waals surface area contributed by atoms with Gasteiger partial charge < -0.3 is 10.0 Å². The number of hydrogen-bond donors (Lipinski definition) is 1. The van der Waals surface area contributed by atoms with E-state index in [0.29, 0.717) is 18.6 Å². The molecule has 2 fully saturated rings. The van der Waals surface area contributed by atoms with Crippen LogP contribution in [-0.2, 0) is 0 Å². The van der Waals surface area contributed by atoms with Crippen LogP contribution in [0.2, 0.25) is 0 Å². The van der Waals surface area contributed by atoms with Gasteiger partial charge in [0.2, 0.25) is 0 Å². The Balaban J connectivity index is 2.00. The standard InChI is InChI=1S/C13H25NO/c1-3-4-5-10-8-11-6-7-13(14(11)2)12(10)9-15/h10-13,15H,3-9H2,1-2H3. The first-order valence-electron chi connectivity index (χ1n) is 6.60. The van der Waals surface area contributed by atoms with Crippen LogP contribution in [0.3, 0.4) is 0 Å².